The van der Waals surface area contributed by atoms with Gasteiger partial charge in [0.1, 0.15) is 11.6 Å². The van der Waals surface area contributed by atoms with Crippen LogP contribution in [0.4, 0.5) is 4.39 Å². The molecule has 1 amide bonds. The maximum absolute atomic E-state index is 13.5. The SMILES string of the molecule is CN(CC1CC(Br)C1)C(=O)c1ccc(O)cc1F. The van der Waals surface area contributed by atoms with Gasteiger partial charge in [-0.1, -0.05) is 15.9 Å². The van der Waals surface area contributed by atoms with Gasteiger partial charge >= 0.3 is 0 Å². The summed E-state index contributed by atoms with van der Waals surface area (Å²) in [5, 5.41) is 9.11. The third kappa shape index (κ3) is 2.83. The number of alkyl halides is 1. The van der Waals surface area contributed by atoms with Crippen molar-refractivity contribution in [3.05, 3.63) is 29.6 Å². The minimum Gasteiger partial charge on any atom is -0.508 e. The van der Waals surface area contributed by atoms with Crippen LogP contribution < -0.4 is 0 Å². The zero-order valence-electron chi connectivity index (χ0n) is 10.1. The van der Waals surface area contributed by atoms with Crippen molar-refractivity contribution in [2.75, 3.05) is 13.6 Å². The summed E-state index contributed by atoms with van der Waals surface area (Å²) in [4.78, 5) is 14.1. The highest BCUT2D eigenvalue weighted by molar-refractivity contribution is 9.09. The highest BCUT2D eigenvalue weighted by Crippen LogP contribution is 2.33. The molecule has 0 heterocycles. The number of amides is 1. The molecule has 0 atom stereocenters. The number of hydrogen-bond acceptors (Lipinski definition) is 2. The molecule has 1 fully saturated rings. The van der Waals surface area contributed by atoms with E-state index in [9.17, 15) is 9.18 Å². The molecule has 98 valence electrons. The molecule has 0 saturated heterocycles. The third-order valence-corrected chi connectivity index (χ3v) is 3.99. The van der Waals surface area contributed by atoms with Gasteiger partial charge in [0.2, 0.25) is 0 Å². The summed E-state index contributed by atoms with van der Waals surface area (Å²) in [5.74, 6) is -0.708. The first-order chi connectivity index (χ1) is 8.47. The van der Waals surface area contributed by atoms with Gasteiger partial charge in [0.25, 0.3) is 5.91 Å². The van der Waals surface area contributed by atoms with Crippen molar-refractivity contribution in [2.24, 2.45) is 5.92 Å². The fourth-order valence-electron chi connectivity index (χ4n) is 2.16. The molecule has 0 aliphatic heterocycles. The normalized spacial score (nSPS) is 22.4. The van der Waals surface area contributed by atoms with E-state index in [1.807, 2.05) is 0 Å². The molecule has 0 aromatic heterocycles. The van der Waals surface area contributed by atoms with Crippen LogP contribution in [0.3, 0.4) is 0 Å². The second kappa shape index (κ2) is 5.26. The lowest BCUT2D eigenvalue weighted by molar-refractivity contribution is 0.0744. The monoisotopic (exact) mass is 315 g/mol. The summed E-state index contributed by atoms with van der Waals surface area (Å²) in [6.45, 7) is 0.640. The average Bonchev–Trinajstić information content (AvgIpc) is 2.26. The van der Waals surface area contributed by atoms with E-state index < -0.39 is 5.82 Å². The second-order valence-electron chi connectivity index (χ2n) is 4.78. The largest absolute Gasteiger partial charge is 0.508 e. The summed E-state index contributed by atoms with van der Waals surface area (Å²) in [7, 11) is 1.68. The fourth-order valence-corrected chi connectivity index (χ4v) is 3.21. The molecule has 18 heavy (non-hydrogen) atoms. The Kier molecular flexibility index (Phi) is 3.90. The lowest BCUT2D eigenvalue weighted by Crippen LogP contribution is -2.38. The number of hydrogen-bond donors (Lipinski definition) is 1. The number of aromatic hydroxyl groups is 1. The third-order valence-electron chi connectivity index (χ3n) is 3.24. The molecule has 3 nitrogen and oxygen atoms in total. The number of halogens is 2. The minimum absolute atomic E-state index is 0.00464. The molecule has 1 aromatic carbocycles. The van der Waals surface area contributed by atoms with Crippen molar-refractivity contribution in [2.45, 2.75) is 17.7 Å². The molecule has 0 spiro atoms. The molecule has 1 saturated carbocycles. The van der Waals surface area contributed by atoms with Gasteiger partial charge in [0.05, 0.1) is 5.56 Å². The highest BCUT2D eigenvalue weighted by Gasteiger charge is 2.29. The van der Waals surface area contributed by atoms with Crippen LogP contribution >= 0.6 is 15.9 Å². The summed E-state index contributed by atoms with van der Waals surface area (Å²) in [5.41, 5.74) is 0.00464. The number of phenolic OH excluding ortho intramolecular Hbond substituents is 1. The maximum Gasteiger partial charge on any atom is 0.256 e. The van der Waals surface area contributed by atoms with Crippen LogP contribution in [0.1, 0.15) is 23.2 Å². The minimum atomic E-state index is -0.682. The van der Waals surface area contributed by atoms with E-state index in [1.54, 1.807) is 11.9 Å². The van der Waals surface area contributed by atoms with Gasteiger partial charge < -0.3 is 10.0 Å². The molecule has 1 N–H and O–H groups in total. The number of carbonyl (C=O) groups excluding carboxylic acids is 1. The fraction of sp³-hybridized carbons (Fsp3) is 0.462. The van der Waals surface area contributed by atoms with E-state index in [2.05, 4.69) is 15.9 Å². The Morgan fingerprint density at radius 3 is 2.78 bits per heavy atom. The van der Waals surface area contributed by atoms with Gasteiger partial charge in [-0.3, -0.25) is 4.79 Å². The number of phenols is 1. The molecule has 0 radical (unpaired) electrons. The van der Waals surface area contributed by atoms with Gasteiger partial charge in [0, 0.05) is 24.5 Å². The van der Waals surface area contributed by atoms with Crippen LogP contribution in [0.15, 0.2) is 18.2 Å². The van der Waals surface area contributed by atoms with Crippen LogP contribution in [-0.4, -0.2) is 34.3 Å². The van der Waals surface area contributed by atoms with E-state index in [0.29, 0.717) is 17.3 Å². The zero-order chi connectivity index (χ0) is 13.3. The molecule has 1 aromatic rings. The zero-order valence-corrected chi connectivity index (χ0v) is 11.7. The van der Waals surface area contributed by atoms with Gasteiger partial charge in [-0.05, 0) is 30.9 Å². The van der Waals surface area contributed by atoms with Crippen LogP contribution in [0.25, 0.3) is 0 Å². The quantitative estimate of drug-likeness (QED) is 0.871. The summed E-state index contributed by atoms with van der Waals surface area (Å²) in [6, 6.07) is 3.60. The molecule has 0 bridgehead atoms. The average molecular weight is 316 g/mol. The first kappa shape index (κ1) is 13.3. The molecule has 1 aliphatic rings. The molecular weight excluding hydrogens is 301 g/mol. The molecule has 5 heteroatoms. The standard InChI is InChI=1S/C13H15BrFNO2/c1-16(7-8-4-9(14)5-8)13(18)11-3-2-10(17)6-12(11)15/h2-3,6,8-9,17H,4-5,7H2,1H3. The molecular formula is C13H15BrFNO2. The molecule has 1 aliphatic carbocycles. The lowest BCUT2D eigenvalue weighted by Gasteiger charge is -2.34. The maximum atomic E-state index is 13.5. The Morgan fingerprint density at radius 1 is 1.56 bits per heavy atom. The Hall–Kier alpha value is -1.10. The lowest BCUT2D eigenvalue weighted by atomic mass is 9.85. The Morgan fingerprint density at radius 2 is 2.22 bits per heavy atom. The van der Waals surface area contributed by atoms with E-state index in [4.69, 9.17) is 5.11 Å². The van der Waals surface area contributed by atoms with Crippen molar-refractivity contribution in [1.82, 2.24) is 4.90 Å². The van der Waals surface area contributed by atoms with Crippen molar-refractivity contribution in [3.8, 4) is 5.75 Å². The van der Waals surface area contributed by atoms with Crippen molar-refractivity contribution in [3.63, 3.8) is 0 Å². The number of benzene rings is 1. The second-order valence-corrected chi connectivity index (χ2v) is 6.08. The number of nitrogens with zero attached hydrogens (tertiary/aromatic N) is 1. The van der Waals surface area contributed by atoms with Crippen LogP contribution in [0, 0.1) is 11.7 Å². The summed E-state index contributed by atoms with van der Waals surface area (Å²) < 4.78 is 13.5. The van der Waals surface area contributed by atoms with E-state index >= 15 is 0 Å². The summed E-state index contributed by atoms with van der Waals surface area (Å²) in [6.07, 6.45) is 2.10. The topological polar surface area (TPSA) is 40.5 Å². The Balaban J connectivity index is 2.01. The van der Waals surface area contributed by atoms with Crippen LogP contribution in [-0.2, 0) is 0 Å². The van der Waals surface area contributed by atoms with E-state index in [-0.39, 0.29) is 17.2 Å². The van der Waals surface area contributed by atoms with Gasteiger partial charge in [-0.15, -0.1) is 0 Å². The van der Waals surface area contributed by atoms with E-state index in [1.165, 1.54) is 12.1 Å². The Bertz CT molecular complexity index is 460. The van der Waals surface area contributed by atoms with E-state index in [0.717, 1.165) is 18.9 Å². The first-order valence-electron chi connectivity index (χ1n) is 5.85. The predicted octanol–water partition coefficient (Wildman–Crippen LogP) is 2.78. The van der Waals surface area contributed by atoms with Crippen molar-refractivity contribution in [1.29, 1.82) is 0 Å². The van der Waals surface area contributed by atoms with Gasteiger partial charge in [-0.25, -0.2) is 4.39 Å². The van der Waals surface area contributed by atoms with Gasteiger partial charge in [-0.2, -0.15) is 0 Å². The number of carbonyl (C=O) groups is 1. The van der Waals surface area contributed by atoms with Crippen LogP contribution in [0.5, 0.6) is 5.75 Å². The Labute approximate surface area is 114 Å². The smallest absolute Gasteiger partial charge is 0.256 e. The van der Waals surface area contributed by atoms with Crippen molar-refractivity contribution >= 4 is 21.8 Å². The molecule has 0 unspecified atom stereocenters. The van der Waals surface area contributed by atoms with Crippen molar-refractivity contribution < 1.29 is 14.3 Å². The molecule has 2 rings (SSSR count). The predicted molar refractivity (Wildman–Crippen MR) is 70.5 cm³/mol. The highest BCUT2D eigenvalue weighted by atomic mass is 79.9. The van der Waals surface area contributed by atoms with Gasteiger partial charge in [0.15, 0.2) is 0 Å². The first-order valence-corrected chi connectivity index (χ1v) is 6.77. The van der Waals surface area contributed by atoms with Crippen LogP contribution in [0.2, 0.25) is 0 Å². The number of rotatable bonds is 3. The summed E-state index contributed by atoms with van der Waals surface area (Å²) >= 11 is 3.50.